The van der Waals surface area contributed by atoms with Crippen LogP contribution in [0.4, 0.5) is 4.79 Å². The second kappa shape index (κ2) is 8.78. The fraction of sp³-hybridized carbons (Fsp3) is 0.435. The molecule has 1 saturated carbocycles. The van der Waals surface area contributed by atoms with Crippen molar-refractivity contribution >= 4 is 16.3 Å². The van der Waals surface area contributed by atoms with Crippen molar-refractivity contribution in [3.8, 4) is 0 Å². The Bertz CT molecular complexity index is 960. The lowest BCUT2D eigenvalue weighted by Crippen LogP contribution is -2.37. The largest absolute Gasteiger partial charge is 0.525 e. The van der Waals surface area contributed by atoms with Crippen molar-refractivity contribution in [2.45, 2.75) is 62.1 Å². The zero-order valence-corrected chi connectivity index (χ0v) is 17.8. The molecule has 0 bridgehead atoms. The normalized spacial score (nSPS) is 24.6. The van der Waals surface area contributed by atoms with E-state index in [1.807, 2.05) is 37.3 Å². The van der Waals surface area contributed by atoms with Gasteiger partial charge in [0.05, 0.1) is 0 Å². The molecule has 0 amide bonds. The van der Waals surface area contributed by atoms with E-state index < -0.39 is 22.4 Å². The van der Waals surface area contributed by atoms with Gasteiger partial charge >= 0.3 is 16.3 Å². The van der Waals surface area contributed by atoms with Crippen LogP contribution >= 0.6 is 0 Å². The van der Waals surface area contributed by atoms with Crippen LogP contribution in [0.5, 0.6) is 0 Å². The molecule has 1 saturated heterocycles. The highest BCUT2D eigenvalue weighted by atomic mass is 32.2. The molecular weight excluding hydrogens is 402 g/mol. The lowest BCUT2D eigenvalue weighted by atomic mass is 9.84. The maximum Gasteiger partial charge on any atom is 0.525 e. The Labute approximate surface area is 177 Å². The molecule has 2 fully saturated rings. The van der Waals surface area contributed by atoms with Gasteiger partial charge in [0.15, 0.2) is 0 Å². The van der Waals surface area contributed by atoms with Crippen molar-refractivity contribution in [1.29, 1.82) is 0 Å². The number of carbonyl (C=O) groups is 1. The fourth-order valence-corrected chi connectivity index (χ4v) is 5.36. The summed E-state index contributed by atoms with van der Waals surface area (Å²) in [6, 6.07) is 15.9. The van der Waals surface area contributed by atoms with Crippen molar-refractivity contribution in [3.05, 3.63) is 65.7 Å². The minimum absolute atomic E-state index is 0.0740. The molecule has 2 aromatic carbocycles. The molecule has 0 aromatic heterocycles. The molecule has 0 spiro atoms. The Morgan fingerprint density at radius 1 is 1.03 bits per heavy atom. The van der Waals surface area contributed by atoms with E-state index in [1.165, 1.54) is 31.4 Å². The lowest BCUT2D eigenvalue weighted by Gasteiger charge is -2.25. The molecule has 2 aliphatic rings. The molecule has 1 N–H and O–H groups in total. The molecular formula is C23H27NO5S. The van der Waals surface area contributed by atoms with Gasteiger partial charge in [-0.15, -0.1) is 0 Å². The van der Waals surface area contributed by atoms with Crippen LogP contribution in [0.1, 0.15) is 49.3 Å². The molecule has 0 radical (unpaired) electrons. The zero-order valence-electron chi connectivity index (χ0n) is 17.0. The summed E-state index contributed by atoms with van der Waals surface area (Å²) in [6.07, 6.45) is 3.79. The van der Waals surface area contributed by atoms with E-state index >= 15 is 0 Å². The smallest absolute Gasteiger partial charge is 0.424 e. The molecule has 4 rings (SSSR count). The number of hydrogen-bond donors (Lipinski definition) is 1. The Hall–Kier alpha value is -2.38. The average molecular weight is 430 g/mol. The summed E-state index contributed by atoms with van der Waals surface area (Å²) in [5, 5.41) is 3.62. The molecule has 4 unspecified atom stereocenters. The molecule has 1 aliphatic carbocycles. The van der Waals surface area contributed by atoms with Crippen LogP contribution in [0, 0.1) is 12.8 Å². The van der Waals surface area contributed by atoms with Crippen LogP contribution in [-0.4, -0.2) is 26.7 Å². The summed E-state index contributed by atoms with van der Waals surface area (Å²) >= 11 is 0. The number of ether oxygens (including phenoxy) is 1. The number of fused-ring (bicyclic) bond motifs is 1. The predicted octanol–water partition coefficient (Wildman–Crippen LogP) is 4.50. The minimum Gasteiger partial charge on any atom is -0.424 e. The quantitative estimate of drug-likeness (QED) is 0.557. The third-order valence-electron chi connectivity index (χ3n) is 6.10. The molecule has 6 nitrogen and oxygen atoms in total. The van der Waals surface area contributed by atoms with Gasteiger partial charge in [-0.3, -0.25) is 0 Å². The monoisotopic (exact) mass is 429 g/mol. The highest BCUT2D eigenvalue weighted by molar-refractivity contribution is 7.87. The minimum atomic E-state index is -4.24. The van der Waals surface area contributed by atoms with Gasteiger partial charge in [-0.1, -0.05) is 60.9 Å². The highest BCUT2D eigenvalue weighted by Gasteiger charge is 2.41. The first-order valence-corrected chi connectivity index (χ1v) is 11.9. The van der Waals surface area contributed by atoms with Crippen molar-refractivity contribution in [2.24, 2.45) is 5.92 Å². The van der Waals surface area contributed by atoms with Crippen LogP contribution in [-0.2, 0) is 19.0 Å². The van der Waals surface area contributed by atoms with Crippen molar-refractivity contribution in [2.75, 3.05) is 0 Å². The maximum atomic E-state index is 12.5. The van der Waals surface area contributed by atoms with E-state index in [9.17, 15) is 13.2 Å². The van der Waals surface area contributed by atoms with Gasteiger partial charge < -0.3 is 14.2 Å². The fourth-order valence-electron chi connectivity index (χ4n) is 4.58. The van der Waals surface area contributed by atoms with E-state index in [1.54, 1.807) is 12.1 Å². The van der Waals surface area contributed by atoms with E-state index in [0.29, 0.717) is 12.0 Å². The van der Waals surface area contributed by atoms with Gasteiger partial charge in [-0.05, 0) is 49.8 Å². The second-order valence-electron chi connectivity index (χ2n) is 8.21. The average Bonchev–Trinajstić information content (AvgIpc) is 3.16. The first-order chi connectivity index (χ1) is 14.4. The first kappa shape index (κ1) is 20.9. The summed E-state index contributed by atoms with van der Waals surface area (Å²) in [5.74, 6) is 0.561. The van der Waals surface area contributed by atoms with E-state index in [2.05, 4.69) is 5.32 Å². The second-order valence-corrected chi connectivity index (χ2v) is 9.76. The summed E-state index contributed by atoms with van der Waals surface area (Å²) in [7, 11) is -4.24. The molecule has 1 heterocycles. The van der Waals surface area contributed by atoms with Gasteiger partial charge in [0, 0.05) is 12.1 Å². The van der Waals surface area contributed by atoms with Gasteiger partial charge in [0.2, 0.25) is 0 Å². The van der Waals surface area contributed by atoms with E-state index in [-0.39, 0.29) is 10.9 Å². The predicted molar refractivity (Wildman–Crippen MR) is 112 cm³/mol. The standard InChI is InChI=1S/C23H27NO5S/c1-16-11-13-19(14-12-16)30(26,27)29-23(25)28-22(17-7-3-2-4-8-17)21-15-18-9-5-6-10-20(18)24-21/h2-4,7-8,11-14,18,20-22,24H,5-6,9-10,15H2,1H3. The van der Waals surface area contributed by atoms with Gasteiger partial charge in [-0.2, -0.15) is 8.42 Å². The Balaban J connectivity index is 1.50. The number of aryl methyl sites for hydroxylation is 1. The Morgan fingerprint density at radius 2 is 1.73 bits per heavy atom. The maximum absolute atomic E-state index is 12.5. The Morgan fingerprint density at radius 3 is 2.43 bits per heavy atom. The number of rotatable bonds is 5. The molecule has 4 atom stereocenters. The van der Waals surface area contributed by atoms with Crippen LogP contribution < -0.4 is 5.32 Å². The zero-order chi connectivity index (χ0) is 21.1. The number of carbonyl (C=O) groups excluding carboxylic acids is 1. The molecule has 2 aromatic rings. The third-order valence-corrected chi connectivity index (χ3v) is 7.30. The van der Waals surface area contributed by atoms with E-state index in [0.717, 1.165) is 24.0 Å². The summed E-state index contributed by atoms with van der Waals surface area (Å²) in [4.78, 5) is 12.4. The highest BCUT2D eigenvalue weighted by Crippen LogP contribution is 2.38. The topological polar surface area (TPSA) is 81.7 Å². The van der Waals surface area contributed by atoms with Crippen LogP contribution in [0.3, 0.4) is 0 Å². The van der Waals surface area contributed by atoms with Crippen molar-refractivity contribution < 1.29 is 22.1 Å². The van der Waals surface area contributed by atoms with Crippen molar-refractivity contribution in [3.63, 3.8) is 0 Å². The number of nitrogens with one attached hydrogen (secondary N) is 1. The Kier molecular flexibility index (Phi) is 6.11. The third kappa shape index (κ3) is 4.68. The first-order valence-electron chi connectivity index (χ1n) is 10.4. The van der Waals surface area contributed by atoms with Gasteiger partial charge in [-0.25, -0.2) is 4.79 Å². The summed E-state index contributed by atoms with van der Waals surface area (Å²) in [6.45, 7) is 1.85. The summed E-state index contributed by atoms with van der Waals surface area (Å²) in [5.41, 5.74) is 1.73. The van der Waals surface area contributed by atoms with Crippen LogP contribution in [0.25, 0.3) is 0 Å². The van der Waals surface area contributed by atoms with Gasteiger partial charge in [0.1, 0.15) is 11.0 Å². The van der Waals surface area contributed by atoms with Crippen molar-refractivity contribution in [1.82, 2.24) is 5.32 Å². The van der Waals surface area contributed by atoms with Crippen LogP contribution in [0.15, 0.2) is 59.5 Å². The van der Waals surface area contributed by atoms with Gasteiger partial charge in [0.25, 0.3) is 0 Å². The van der Waals surface area contributed by atoms with Crippen LogP contribution in [0.2, 0.25) is 0 Å². The summed E-state index contributed by atoms with van der Waals surface area (Å²) < 4.78 is 35.3. The lowest BCUT2D eigenvalue weighted by molar-refractivity contribution is 0.0431. The molecule has 1 aliphatic heterocycles. The number of hydrogen-bond acceptors (Lipinski definition) is 6. The van der Waals surface area contributed by atoms with E-state index in [4.69, 9.17) is 8.92 Å². The molecule has 30 heavy (non-hydrogen) atoms. The molecule has 160 valence electrons. The number of benzene rings is 2. The SMILES string of the molecule is Cc1ccc(S(=O)(=O)OC(=O)OC(c2ccccc2)C2CC3CCCCC3N2)cc1. The molecule has 7 heteroatoms.